The van der Waals surface area contributed by atoms with Crippen molar-refractivity contribution in [2.75, 3.05) is 13.1 Å². The van der Waals surface area contributed by atoms with E-state index >= 15 is 0 Å². The highest BCUT2D eigenvalue weighted by molar-refractivity contribution is 14.1. The van der Waals surface area contributed by atoms with Gasteiger partial charge in [0.05, 0.1) is 5.92 Å². The maximum Gasteiger partial charge on any atom is 0.309 e. The summed E-state index contributed by atoms with van der Waals surface area (Å²) in [4.78, 5) is 12.0. The Balaban J connectivity index is 1.71. The zero-order valence-corrected chi connectivity index (χ0v) is 12.2. The van der Waals surface area contributed by atoms with Crippen molar-refractivity contribution in [1.29, 1.82) is 0 Å². The molecule has 5 heteroatoms. The molecule has 0 unspecified atom stereocenters. The SMILES string of the molecule is O=C(O[C@H]1CC[C@H](NI)CC1)C1CCNCC1. The van der Waals surface area contributed by atoms with Crippen LogP contribution in [0.5, 0.6) is 0 Å². The van der Waals surface area contributed by atoms with E-state index in [1.54, 1.807) is 0 Å². The van der Waals surface area contributed by atoms with Gasteiger partial charge in [0.25, 0.3) is 0 Å². The number of carbonyl (C=O) groups is 1. The first kappa shape index (κ1) is 13.5. The van der Waals surface area contributed by atoms with E-state index in [2.05, 4.69) is 31.7 Å². The van der Waals surface area contributed by atoms with Crippen LogP contribution in [0.25, 0.3) is 0 Å². The first-order chi connectivity index (χ1) is 8.29. The second-order valence-corrected chi connectivity index (χ2v) is 5.67. The van der Waals surface area contributed by atoms with Crippen molar-refractivity contribution >= 4 is 28.8 Å². The summed E-state index contributed by atoms with van der Waals surface area (Å²) >= 11 is 2.21. The second kappa shape index (κ2) is 6.89. The Morgan fingerprint density at radius 1 is 1.12 bits per heavy atom. The number of hydrogen-bond donors (Lipinski definition) is 2. The summed E-state index contributed by atoms with van der Waals surface area (Å²) in [5, 5.41) is 3.27. The van der Waals surface area contributed by atoms with Crippen molar-refractivity contribution in [2.24, 2.45) is 5.92 Å². The lowest BCUT2D eigenvalue weighted by atomic mass is 9.93. The molecule has 0 aromatic rings. The zero-order chi connectivity index (χ0) is 12.1. The summed E-state index contributed by atoms with van der Waals surface area (Å²) in [6.07, 6.45) is 6.29. The van der Waals surface area contributed by atoms with Crippen LogP contribution in [0.15, 0.2) is 0 Å². The molecule has 17 heavy (non-hydrogen) atoms. The Morgan fingerprint density at radius 2 is 1.76 bits per heavy atom. The molecule has 0 aromatic heterocycles. The van der Waals surface area contributed by atoms with Crippen LogP contribution in [0.4, 0.5) is 0 Å². The van der Waals surface area contributed by atoms with Crippen LogP contribution in [0.2, 0.25) is 0 Å². The third kappa shape index (κ3) is 4.06. The van der Waals surface area contributed by atoms with Crippen LogP contribution in [-0.2, 0) is 9.53 Å². The molecule has 2 aliphatic rings. The molecule has 0 radical (unpaired) electrons. The molecule has 0 aromatic carbocycles. The number of esters is 1. The summed E-state index contributed by atoms with van der Waals surface area (Å²) in [7, 11) is 0. The zero-order valence-electron chi connectivity index (χ0n) is 10.1. The minimum Gasteiger partial charge on any atom is -0.462 e. The smallest absolute Gasteiger partial charge is 0.309 e. The van der Waals surface area contributed by atoms with Gasteiger partial charge in [0.2, 0.25) is 0 Å². The molecule has 0 spiro atoms. The highest BCUT2D eigenvalue weighted by Gasteiger charge is 2.27. The van der Waals surface area contributed by atoms with E-state index in [1.165, 1.54) is 0 Å². The van der Waals surface area contributed by atoms with Gasteiger partial charge in [-0.2, -0.15) is 0 Å². The Hall–Kier alpha value is 0.120. The fourth-order valence-electron chi connectivity index (χ4n) is 2.61. The molecule has 1 aliphatic carbocycles. The third-order valence-electron chi connectivity index (χ3n) is 3.78. The maximum atomic E-state index is 12.0. The molecule has 0 bridgehead atoms. The lowest BCUT2D eigenvalue weighted by Gasteiger charge is -2.29. The highest BCUT2D eigenvalue weighted by Crippen LogP contribution is 2.24. The number of hydrogen-bond acceptors (Lipinski definition) is 4. The normalized spacial score (nSPS) is 31.1. The lowest BCUT2D eigenvalue weighted by Crippen LogP contribution is -2.36. The van der Waals surface area contributed by atoms with E-state index in [4.69, 9.17) is 4.74 Å². The molecular formula is C12H21IN2O2. The topological polar surface area (TPSA) is 50.4 Å². The largest absolute Gasteiger partial charge is 0.462 e. The van der Waals surface area contributed by atoms with E-state index in [0.717, 1.165) is 51.6 Å². The Labute approximate surface area is 117 Å². The molecule has 2 fully saturated rings. The first-order valence-corrected chi connectivity index (χ1v) is 7.65. The molecule has 2 rings (SSSR count). The second-order valence-electron chi connectivity index (χ2n) is 5.04. The molecule has 1 aliphatic heterocycles. The van der Waals surface area contributed by atoms with Crippen LogP contribution < -0.4 is 8.85 Å². The van der Waals surface area contributed by atoms with Crippen LogP contribution in [-0.4, -0.2) is 31.2 Å². The van der Waals surface area contributed by atoms with Gasteiger partial charge in [-0.3, -0.25) is 8.32 Å². The van der Waals surface area contributed by atoms with Crippen molar-refractivity contribution in [3.8, 4) is 0 Å². The minimum atomic E-state index is 0.0392. The van der Waals surface area contributed by atoms with Gasteiger partial charge < -0.3 is 10.1 Å². The average Bonchev–Trinajstić information content (AvgIpc) is 2.40. The number of piperidine rings is 1. The van der Waals surface area contributed by atoms with Crippen molar-refractivity contribution in [1.82, 2.24) is 8.85 Å². The number of rotatable bonds is 3. The Bertz CT molecular complexity index is 249. The molecule has 0 amide bonds. The number of ether oxygens (including phenoxy) is 1. The van der Waals surface area contributed by atoms with Gasteiger partial charge in [-0.25, -0.2) is 0 Å². The van der Waals surface area contributed by atoms with E-state index in [9.17, 15) is 4.79 Å². The average molecular weight is 352 g/mol. The molecule has 1 saturated carbocycles. The molecule has 1 heterocycles. The predicted molar refractivity (Wildman–Crippen MR) is 74.9 cm³/mol. The van der Waals surface area contributed by atoms with Gasteiger partial charge in [0, 0.05) is 28.9 Å². The van der Waals surface area contributed by atoms with Crippen LogP contribution in [0.1, 0.15) is 38.5 Å². The van der Waals surface area contributed by atoms with Crippen LogP contribution in [0.3, 0.4) is 0 Å². The predicted octanol–water partition coefficient (Wildman–Crippen LogP) is 1.78. The maximum absolute atomic E-state index is 12.0. The van der Waals surface area contributed by atoms with E-state index < -0.39 is 0 Å². The van der Waals surface area contributed by atoms with Crippen molar-refractivity contribution in [3.63, 3.8) is 0 Å². The summed E-state index contributed by atoms with van der Waals surface area (Å²) in [5.41, 5.74) is 0. The van der Waals surface area contributed by atoms with Gasteiger partial charge in [0.1, 0.15) is 6.10 Å². The molecule has 98 valence electrons. The van der Waals surface area contributed by atoms with Gasteiger partial charge in [-0.1, -0.05) is 0 Å². The summed E-state index contributed by atoms with van der Waals surface area (Å²) in [6.45, 7) is 1.90. The summed E-state index contributed by atoms with van der Waals surface area (Å²) in [5.74, 6) is 0.175. The lowest BCUT2D eigenvalue weighted by molar-refractivity contribution is -0.156. The van der Waals surface area contributed by atoms with Gasteiger partial charge in [0.15, 0.2) is 0 Å². The fourth-order valence-corrected chi connectivity index (χ4v) is 3.23. The Kier molecular flexibility index (Phi) is 5.49. The molecule has 0 atom stereocenters. The highest BCUT2D eigenvalue weighted by atomic mass is 127. The van der Waals surface area contributed by atoms with Gasteiger partial charge >= 0.3 is 5.97 Å². The van der Waals surface area contributed by atoms with E-state index in [0.29, 0.717) is 6.04 Å². The summed E-state index contributed by atoms with van der Waals surface area (Å²) in [6, 6.07) is 0.601. The number of carbonyl (C=O) groups excluding carboxylic acids is 1. The van der Waals surface area contributed by atoms with Gasteiger partial charge in [-0.15, -0.1) is 0 Å². The van der Waals surface area contributed by atoms with Crippen molar-refractivity contribution < 1.29 is 9.53 Å². The third-order valence-corrected chi connectivity index (χ3v) is 4.66. The number of halogens is 1. The van der Waals surface area contributed by atoms with E-state index in [1.807, 2.05) is 0 Å². The van der Waals surface area contributed by atoms with Crippen LogP contribution >= 0.6 is 22.9 Å². The number of nitrogens with one attached hydrogen (secondary N) is 2. The molecular weight excluding hydrogens is 331 g/mol. The van der Waals surface area contributed by atoms with Crippen molar-refractivity contribution in [2.45, 2.75) is 50.7 Å². The van der Waals surface area contributed by atoms with Crippen LogP contribution in [0, 0.1) is 5.92 Å². The fraction of sp³-hybridized carbons (Fsp3) is 0.917. The minimum absolute atomic E-state index is 0.0392. The first-order valence-electron chi connectivity index (χ1n) is 6.57. The van der Waals surface area contributed by atoms with Crippen molar-refractivity contribution in [3.05, 3.63) is 0 Å². The summed E-state index contributed by atoms with van der Waals surface area (Å²) < 4.78 is 8.89. The molecule has 1 saturated heterocycles. The van der Waals surface area contributed by atoms with E-state index in [-0.39, 0.29) is 18.0 Å². The Morgan fingerprint density at radius 3 is 2.35 bits per heavy atom. The monoisotopic (exact) mass is 352 g/mol. The van der Waals surface area contributed by atoms with Gasteiger partial charge in [-0.05, 0) is 51.6 Å². The molecule has 2 N–H and O–H groups in total. The quantitative estimate of drug-likeness (QED) is 0.462. The standard InChI is InChI=1S/C12H21IN2O2/c13-15-10-1-3-11(4-2-10)17-12(16)9-5-7-14-8-6-9/h9-11,14-15H,1-8H2/t10-,11-. The molecule has 4 nitrogen and oxygen atoms in total.